The number of sulfonamides is 1. The van der Waals surface area contributed by atoms with Crippen LogP contribution < -0.4 is 0 Å². The third-order valence-electron chi connectivity index (χ3n) is 5.94. The maximum Gasteiger partial charge on any atom is 0.243 e. The van der Waals surface area contributed by atoms with E-state index in [1.54, 1.807) is 4.90 Å². The number of nitrogens with zero attached hydrogens (tertiary/aromatic N) is 2. The second-order valence-electron chi connectivity index (χ2n) is 9.31. The summed E-state index contributed by atoms with van der Waals surface area (Å²) in [6.07, 6.45) is 1.08. The molecule has 1 saturated heterocycles. The number of rotatable bonds is 6. The summed E-state index contributed by atoms with van der Waals surface area (Å²) in [7, 11) is -3.64. The molecule has 32 heavy (non-hydrogen) atoms. The molecule has 0 atom stereocenters. The first-order valence-corrected chi connectivity index (χ1v) is 12.4. The molecule has 0 bridgehead atoms. The van der Waals surface area contributed by atoms with Crippen LogP contribution in [0.15, 0.2) is 53.4 Å². The van der Waals surface area contributed by atoms with Gasteiger partial charge in [0.25, 0.3) is 0 Å². The molecule has 0 N–H and O–H groups in total. The number of carbonyl (C=O) groups excluding carboxylic acids is 2. The van der Waals surface area contributed by atoms with Gasteiger partial charge in [-0.1, -0.05) is 57.2 Å². The van der Waals surface area contributed by atoms with Crippen LogP contribution in [0.5, 0.6) is 0 Å². The molecular weight excluding hydrogens is 424 g/mol. The lowest BCUT2D eigenvalue weighted by Crippen LogP contribution is -2.50. The third-order valence-corrected chi connectivity index (χ3v) is 7.85. The zero-order chi connectivity index (χ0) is 23.5. The van der Waals surface area contributed by atoms with Gasteiger partial charge in [0.1, 0.15) is 0 Å². The first-order chi connectivity index (χ1) is 15.0. The summed E-state index contributed by atoms with van der Waals surface area (Å²) in [6.45, 7) is 9.26. The highest BCUT2D eigenvalue weighted by Crippen LogP contribution is 2.23. The van der Waals surface area contributed by atoms with Gasteiger partial charge in [-0.3, -0.25) is 9.59 Å². The number of hydrogen-bond acceptors (Lipinski definition) is 4. The first-order valence-electron chi connectivity index (χ1n) is 11.0. The van der Waals surface area contributed by atoms with Crippen LogP contribution in [0.25, 0.3) is 0 Å². The molecule has 1 amide bonds. The lowest BCUT2D eigenvalue weighted by Gasteiger charge is -2.34. The van der Waals surface area contributed by atoms with Crippen molar-refractivity contribution in [3.05, 3.63) is 65.2 Å². The monoisotopic (exact) mass is 456 g/mol. The van der Waals surface area contributed by atoms with Crippen LogP contribution >= 0.6 is 0 Å². The Labute approximate surface area is 191 Å². The number of hydrogen-bond donors (Lipinski definition) is 0. The molecule has 0 radical (unpaired) electrons. The Kier molecular flexibility index (Phi) is 7.20. The molecule has 0 aliphatic carbocycles. The topological polar surface area (TPSA) is 74.8 Å². The first kappa shape index (κ1) is 24.1. The highest BCUT2D eigenvalue weighted by Gasteiger charge is 2.30. The standard InChI is InChI=1S/C25H32N2O4S/c1-19(28)21-8-12-23(13-9-21)32(30,31)27-17-15-26(16-18-27)24(29)14-7-20-5-10-22(11-6-20)25(2,3)4/h5-6,8-13H,7,14-18H2,1-4H3. The molecule has 3 rings (SSSR count). The van der Waals surface area contributed by atoms with Crippen molar-refractivity contribution < 1.29 is 18.0 Å². The Bertz CT molecular complexity index is 1060. The van der Waals surface area contributed by atoms with Crippen molar-refractivity contribution in [3.63, 3.8) is 0 Å². The van der Waals surface area contributed by atoms with E-state index >= 15 is 0 Å². The van der Waals surface area contributed by atoms with Gasteiger partial charge in [0.05, 0.1) is 4.90 Å². The molecule has 1 aliphatic rings. The van der Waals surface area contributed by atoms with Crippen LogP contribution in [0.1, 0.15) is 55.6 Å². The summed E-state index contributed by atoms with van der Waals surface area (Å²) in [5, 5.41) is 0. The van der Waals surface area contributed by atoms with E-state index in [1.165, 1.54) is 41.1 Å². The van der Waals surface area contributed by atoms with Gasteiger partial charge in [0.2, 0.25) is 15.9 Å². The molecule has 7 heteroatoms. The van der Waals surface area contributed by atoms with Crippen LogP contribution in [0.2, 0.25) is 0 Å². The molecule has 1 fully saturated rings. The van der Waals surface area contributed by atoms with Crippen LogP contribution in [-0.4, -0.2) is 55.5 Å². The second kappa shape index (κ2) is 9.55. The van der Waals surface area contributed by atoms with Crippen LogP contribution in [-0.2, 0) is 26.7 Å². The van der Waals surface area contributed by atoms with E-state index in [1.807, 2.05) is 0 Å². The van der Waals surface area contributed by atoms with E-state index in [0.29, 0.717) is 31.5 Å². The number of ketones is 1. The average molecular weight is 457 g/mol. The largest absolute Gasteiger partial charge is 0.340 e. The van der Waals surface area contributed by atoms with Gasteiger partial charge in [0.15, 0.2) is 5.78 Å². The van der Waals surface area contributed by atoms with Gasteiger partial charge >= 0.3 is 0 Å². The molecule has 0 saturated carbocycles. The Balaban J connectivity index is 1.53. The lowest BCUT2D eigenvalue weighted by molar-refractivity contribution is -0.132. The van der Waals surface area contributed by atoms with Crippen molar-refractivity contribution in [2.24, 2.45) is 0 Å². The number of carbonyl (C=O) groups is 2. The molecule has 1 heterocycles. The summed E-state index contributed by atoms with van der Waals surface area (Å²) in [6, 6.07) is 14.4. The van der Waals surface area contributed by atoms with Crippen molar-refractivity contribution in [1.29, 1.82) is 0 Å². The minimum Gasteiger partial charge on any atom is -0.340 e. The molecule has 6 nitrogen and oxygen atoms in total. The van der Waals surface area contributed by atoms with Crippen molar-refractivity contribution in [3.8, 4) is 0 Å². The Morgan fingerprint density at radius 2 is 1.44 bits per heavy atom. The number of aryl methyl sites for hydroxylation is 1. The van der Waals surface area contributed by atoms with E-state index in [4.69, 9.17) is 0 Å². The van der Waals surface area contributed by atoms with Crippen molar-refractivity contribution in [1.82, 2.24) is 9.21 Å². The smallest absolute Gasteiger partial charge is 0.243 e. The van der Waals surface area contributed by atoms with Crippen LogP contribution in [0.3, 0.4) is 0 Å². The Morgan fingerprint density at radius 1 is 0.875 bits per heavy atom. The van der Waals surface area contributed by atoms with Gasteiger partial charge < -0.3 is 4.90 Å². The highest BCUT2D eigenvalue weighted by atomic mass is 32.2. The predicted molar refractivity (Wildman–Crippen MR) is 125 cm³/mol. The number of amides is 1. The van der Waals surface area contributed by atoms with Crippen molar-refractivity contribution in [2.75, 3.05) is 26.2 Å². The minimum atomic E-state index is -3.64. The Hall–Kier alpha value is -2.51. The van der Waals surface area contributed by atoms with Gasteiger partial charge in [0, 0.05) is 38.2 Å². The third kappa shape index (κ3) is 5.64. The summed E-state index contributed by atoms with van der Waals surface area (Å²) >= 11 is 0. The fraction of sp³-hybridized carbons (Fsp3) is 0.440. The molecule has 1 aliphatic heterocycles. The fourth-order valence-corrected chi connectivity index (χ4v) is 5.19. The van der Waals surface area contributed by atoms with E-state index in [9.17, 15) is 18.0 Å². The van der Waals surface area contributed by atoms with Crippen molar-refractivity contribution in [2.45, 2.75) is 50.8 Å². The molecule has 2 aromatic carbocycles. The molecular formula is C25H32N2O4S. The van der Waals surface area contributed by atoms with Gasteiger partial charge in [-0.2, -0.15) is 4.31 Å². The quantitative estimate of drug-likeness (QED) is 0.622. The lowest BCUT2D eigenvalue weighted by atomic mass is 9.86. The Morgan fingerprint density at radius 3 is 1.94 bits per heavy atom. The second-order valence-corrected chi connectivity index (χ2v) is 11.3. The molecule has 0 unspecified atom stereocenters. The number of piperazine rings is 1. The van der Waals surface area contributed by atoms with Crippen LogP contribution in [0.4, 0.5) is 0 Å². The fourth-order valence-electron chi connectivity index (χ4n) is 3.77. The zero-order valence-corrected chi connectivity index (χ0v) is 20.1. The van der Waals surface area contributed by atoms with Crippen LogP contribution in [0, 0.1) is 0 Å². The van der Waals surface area contributed by atoms with E-state index < -0.39 is 10.0 Å². The SMILES string of the molecule is CC(=O)c1ccc(S(=O)(=O)N2CCN(C(=O)CCc3ccc(C(C)(C)C)cc3)CC2)cc1. The maximum atomic E-state index is 12.9. The molecule has 0 aromatic heterocycles. The van der Waals surface area contributed by atoms with E-state index in [2.05, 4.69) is 45.0 Å². The normalized spacial score (nSPS) is 15.6. The zero-order valence-electron chi connectivity index (χ0n) is 19.3. The number of Topliss-reactive ketones (excluding diaryl/α,β-unsaturated/α-hetero) is 1. The summed E-state index contributed by atoms with van der Waals surface area (Å²) in [4.78, 5) is 26.0. The van der Waals surface area contributed by atoms with Gasteiger partial charge in [-0.25, -0.2) is 8.42 Å². The molecule has 2 aromatic rings. The van der Waals surface area contributed by atoms with Crippen molar-refractivity contribution >= 4 is 21.7 Å². The van der Waals surface area contributed by atoms with Gasteiger partial charge in [-0.15, -0.1) is 0 Å². The van der Waals surface area contributed by atoms with E-state index in [0.717, 1.165) is 5.56 Å². The average Bonchev–Trinajstić information content (AvgIpc) is 2.77. The predicted octanol–water partition coefficient (Wildman–Crippen LogP) is 3.65. The minimum absolute atomic E-state index is 0.0488. The molecule has 172 valence electrons. The summed E-state index contributed by atoms with van der Waals surface area (Å²) in [5.41, 5.74) is 2.97. The highest BCUT2D eigenvalue weighted by molar-refractivity contribution is 7.89. The van der Waals surface area contributed by atoms with E-state index in [-0.39, 0.29) is 35.1 Å². The summed E-state index contributed by atoms with van der Waals surface area (Å²) in [5.74, 6) is -0.0565. The van der Waals surface area contributed by atoms with Gasteiger partial charge in [-0.05, 0) is 42.0 Å². The number of benzene rings is 2. The molecule has 0 spiro atoms. The maximum absolute atomic E-state index is 12.9. The summed E-state index contributed by atoms with van der Waals surface area (Å²) < 4.78 is 27.2.